The quantitative estimate of drug-likeness (QED) is 0.358. The van der Waals surface area contributed by atoms with Crippen molar-refractivity contribution in [3.63, 3.8) is 0 Å². The minimum atomic E-state index is -0.780. The molecule has 0 fully saturated rings. The van der Waals surface area contributed by atoms with Crippen molar-refractivity contribution in [3.8, 4) is 17.2 Å². The largest absolute Gasteiger partial charge is 0.504 e. The van der Waals surface area contributed by atoms with Crippen LogP contribution in [-0.4, -0.2) is 36.5 Å². The number of ether oxygens (including phenoxy) is 3. The zero-order valence-electron chi connectivity index (χ0n) is 21.6. The van der Waals surface area contributed by atoms with E-state index in [9.17, 15) is 14.7 Å². The van der Waals surface area contributed by atoms with Crippen LogP contribution in [0.4, 0.5) is 0 Å². The summed E-state index contributed by atoms with van der Waals surface area (Å²) in [6.07, 6.45) is 1.72. The number of esters is 1. The molecule has 39 heavy (non-hydrogen) atoms. The van der Waals surface area contributed by atoms with Gasteiger partial charge < -0.3 is 19.3 Å². The van der Waals surface area contributed by atoms with Crippen LogP contribution in [0, 0.1) is 0 Å². The van der Waals surface area contributed by atoms with Crippen LogP contribution < -0.4 is 24.4 Å². The van der Waals surface area contributed by atoms with Crippen molar-refractivity contribution in [3.05, 3.63) is 115 Å². The van der Waals surface area contributed by atoms with E-state index in [0.717, 1.165) is 5.56 Å². The maximum absolute atomic E-state index is 13.9. The highest BCUT2D eigenvalue weighted by Crippen LogP contribution is 2.35. The van der Waals surface area contributed by atoms with Crippen LogP contribution in [0.2, 0.25) is 0 Å². The molecule has 3 aromatic carbocycles. The Kier molecular flexibility index (Phi) is 7.33. The summed E-state index contributed by atoms with van der Waals surface area (Å²) in [7, 11) is 3.04. The number of phenols is 1. The molecule has 0 spiro atoms. The van der Waals surface area contributed by atoms with Crippen LogP contribution in [0.3, 0.4) is 0 Å². The fraction of sp³-hybridized carbons (Fsp3) is 0.167. The van der Waals surface area contributed by atoms with Gasteiger partial charge in [-0.25, -0.2) is 9.79 Å². The Morgan fingerprint density at radius 3 is 2.46 bits per heavy atom. The van der Waals surface area contributed by atoms with E-state index in [0.29, 0.717) is 37.7 Å². The van der Waals surface area contributed by atoms with Gasteiger partial charge in [-0.1, -0.05) is 59.9 Å². The summed E-state index contributed by atoms with van der Waals surface area (Å²) in [6.45, 7) is 1.91. The van der Waals surface area contributed by atoms with E-state index in [1.807, 2.05) is 42.5 Å². The fourth-order valence-electron chi connectivity index (χ4n) is 4.48. The molecule has 0 saturated carbocycles. The number of aromatic hydroxyl groups is 1. The van der Waals surface area contributed by atoms with Crippen molar-refractivity contribution in [2.75, 3.05) is 20.8 Å². The van der Waals surface area contributed by atoms with Crippen molar-refractivity contribution in [1.82, 2.24) is 4.57 Å². The Bertz CT molecular complexity index is 1740. The normalized spacial score (nSPS) is 14.9. The Hall–Kier alpha value is -4.63. The molecule has 0 amide bonds. The molecule has 198 valence electrons. The van der Waals surface area contributed by atoms with Crippen LogP contribution in [0.1, 0.15) is 29.7 Å². The SMILES string of the molecule is CCOC(=O)C1=C(c2ccccc2)N=c2s/c(=C\c3ccc(O)c(OC)c3)c(=O)n2[C@H]1c1ccc(OC)cc1. The molecular weight excluding hydrogens is 516 g/mol. The van der Waals surface area contributed by atoms with Crippen molar-refractivity contribution >= 4 is 29.1 Å². The predicted octanol–water partition coefficient (Wildman–Crippen LogP) is 3.66. The van der Waals surface area contributed by atoms with Gasteiger partial charge in [-0.3, -0.25) is 9.36 Å². The number of methoxy groups -OCH3 is 2. The van der Waals surface area contributed by atoms with Gasteiger partial charge in [-0.2, -0.15) is 0 Å². The summed E-state index contributed by atoms with van der Waals surface area (Å²) < 4.78 is 18.0. The minimum absolute atomic E-state index is 0.00203. The van der Waals surface area contributed by atoms with Crippen LogP contribution in [0.15, 0.2) is 88.2 Å². The molecule has 1 atom stereocenters. The second-order valence-corrected chi connectivity index (χ2v) is 9.65. The molecule has 2 heterocycles. The average Bonchev–Trinajstić information content (AvgIpc) is 3.28. The highest BCUT2D eigenvalue weighted by Gasteiger charge is 2.35. The molecule has 1 aliphatic heterocycles. The maximum atomic E-state index is 13.9. The molecule has 1 aromatic heterocycles. The van der Waals surface area contributed by atoms with Gasteiger partial charge in [0.25, 0.3) is 5.56 Å². The standard InChI is InChI=1S/C30H26N2O6S/c1-4-38-29(35)25-26(19-8-6-5-7-9-19)31-30-32(27(25)20-11-13-21(36-2)14-12-20)28(34)24(39-30)17-18-10-15-22(33)23(16-18)37-3/h5-17,27,33H,4H2,1-3H3/b24-17-/t27-/m0/s1. The van der Waals surface area contributed by atoms with Gasteiger partial charge >= 0.3 is 5.97 Å². The van der Waals surface area contributed by atoms with E-state index in [1.165, 1.54) is 29.1 Å². The van der Waals surface area contributed by atoms with E-state index in [-0.39, 0.29) is 23.5 Å². The first kappa shape index (κ1) is 26.0. The molecule has 1 aliphatic rings. The lowest BCUT2D eigenvalue weighted by Crippen LogP contribution is -2.40. The summed E-state index contributed by atoms with van der Waals surface area (Å²) >= 11 is 1.22. The summed E-state index contributed by atoms with van der Waals surface area (Å²) in [4.78, 5) is 32.7. The molecular formula is C30H26N2O6S. The van der Waals surface area contributed by atoms with Gasteiger partial charge in [0.1, 0.15) is 5.75 Å². The third-order valence-electron chi connectivity index (χ3n) is 6.31. The number of carbonyl (C=O) groups is 1. The summed E-state index contributed by atoms with van der Waals surface area (Å²) in [5.41, 5.74) is 2.54. The second-order valence-electron chi connectivity index (χ2n) is 8.64. The van der Waals surface area contributed by atoms with Crippen molar-refractivity contribution < 1.29 is 24.1 Å². The lowest BCUT2D eigenvalue weighted by Gasteiger charge is -2.26. The van der Waals surface area contributed by atoms with Gasteiger partial charge in [0, 0.05) is 5.56 Å². The minimum Gasteiger partial charge on any atom is -0.504 e. The number of hydrogen-bond donors (Lipinski definition) is 1. The molecule has 1 N–H and O–H groups in total. The van der Waals surface area contributed by atoms with Gasteiger partial charge in [0.15, 0.2) is 16.3 Å². The van der Waals surface area contributed by atoms with E-state index < -0.39 is 12.0 Å². The zero-order valence-corrected chi connectivity index (χ0v) is 22.4. The monoisotopic (exact) mass is 542 g/mol. The van der Waals surface area contributed by atoms with Crippen molar-refractivity contribution in [1.29, 1.82) is 0 Å². The molecule has 0 radical (unpaired) electrons. The summed E-state index contributed by atoms with van der Waals surface area (Å²) in [6, 6.07) is 20.7. The van der Waals surface area contributed by atoms with Crippen LogP contribution in [-0.2, 0) is 9.53 Å². The van der Waals surface area contributed by atoms with E-state index >= 15 is 0 Å². The average molecular weight is 543 g/mol. The third-order valence-corrected chi connectivity index (χ3v) is 7.29. The number of phenolic OH excluding ortho intramolecular Hbond substituents is 1. The number of thiazole rings is 1. The smallest absolute Gasteiger partial charge is 0.338 e. The Balaban J connectivity index is 1.80. The fourth-order valence-corrected chi connectivity index (χ4v) is 5.48. The third kappa shape index (κ3) is 4.96. The number of carbonyl (C=O) groups excluding carboxylic acids is 1. The lowest BCUT2D eigenvalue weighted by atomic mass is 9.93. The van der Waals surface area contributed by atoms with Crippen molar-refractivity contribution in [2.24, 2.45) is 4.99 Å². The maximum Gasteiger partial charge on any atom is 0.338 e. The highest BCUT2D eigenvalue weighted by molar-refractivity contribution is 7.07. The molecule has 8 nitrogen and oxygen atoms in total. The van der Waals surface area contributed by atoms with Gasteiger partial charge in [0.2, 0.25) is 0 Å². The number of benzene rings is 3. The van der Waals surface area contributed by atoms with Crippen LogP contribution >= 0.6 is 11.3 Å². The molecule has 0 unspecified atom stereocenters. The molecule has 0 saturated heterocycles. The molecule has 0 bridgehead atoms. The Morgan fingerprint density at radius 1 is 1.05 bits per heavy atom. The number of aromatic nitrogens is 1. The summed E-state index contributed by atoms with van der Waals surface area (Å²) in [5.74, 6) is 0.404. The van der Waals surface area contributed by atoms with Gasteiger partial charge in [0.05, 0.1) is 42.7 Å². The first-order valence-corrected chi connectivity index (χ1v) is 13.1. The van der Waals surface area contributed by atoms with Crippen LogP contribution in [0.25, 0.3) is 11.8 Å². The Morgan fingerprint density at radius 2 is 1.79 bits per heavy atom. The van der Waals surface area contributed by atoms with Crippen molar-refractivity contribution in [2.45, 2.75) is 13.0 Å². The molecule has 5 rings (SSSR count). The van der Waals surface area contributed by atoms with Gasteiger partial charge in [-0.05, 0) is 48.4 Å². The van der Waals surface area contributed by atoms with Crippen LogP contribution in [0.5, 0.6) is 17.2 Å². The number of hydrogen-bond acceptors (Lipinski definition) is 8. The highest BCUT2D eigenvalue weighted by atomic mass is 32.1. The first-order chi connectivity index (χ1) is 18.9. The number of nitrogens with zero attached hydrogens (tertiary/aromatic N) is 2. The number of rotatable bonds is 7. The topological polar surface area (TPSA) is 99.4 Å². The van der Waals surface area contributed by atoms with E-state index in [2.05, 4.69) is 0 Å². The summed E-state index contributed by atoms with van der Waals surface area (Å²) in [5, 5.41) is 9.97. The lowest BCUT2D eigenvalue weighted by molar-refractivity contribution is -0.138. The van der Waals surface area contributed by atoms with E-state index in [4.69, 9.17) is 19.2 Å². The zero-order chi connectivity index (χ0) is 27.5. The molecule has 0 aliphatic carbocycles. The Labute approximate surface area is 228 Å². The number of fused-ring (bicyclic) bond motifs is 1. The van der Waals surface area contributed by atoms with E-state index in [1.54, 1.807) is 44.4 Å². The molecule has 4 aromatic rings. The predicted molar refractivity (Wildman–Crippen MR) is 149 cm³/mol. The first-order valence-electron chi connectivity index (χ1n) is 12.2. The second kappa shape index (κ2) is 11.0. The molecule has 9 heteroatoms. The van der Waals surface area contributed by atoms with Gasteiger partial charge in [-0.15, -0.1) is 0 Å².